The molecule has 0 saturated carbocycles. The van der Waals surface area contributed by atoms with E-state index in [0.29, 0.717) is 10.9 Å². The zero-order valence-electron chi connectivity index (χ0n) is 9.55. The Morgan fingerprint density at radius 2 is 2.12 bits per heavy atom. The van der Waals surface area contributed by atoms with Crippen LogP contribution in [-0.4, -0.2) is 11.2 Å². The summed E-state index contributed by atoms with van der Waals surface area (Å²) in [7, 11) is 0. The van der Waals surface area contributed by atoms with Crippen molar-refractivity contribution >= 4 is 15.9 Å². The van der Waals surface area contributed by atoms with Crippen LogP contribution >= 0.6 is 15.9 Å². The minimum Gasteiger partial charge on any atom is -0.393 e. The molecule has 0 fully saturated rings. The summed E-state index contributed by atoms with van der Waals surface area (Å²) in [5.41, 5.74) is 0.837. The molecule has 0 aromatic heterocycles. The number of rotatable bonds is 6. The van der Waals surface area contributed by atoms with Crippen molar-refractivity contribution in [3.05, 3.63) is 34.1 Å². The molecule has 1 aromatic carbocycles. The fourth-order valence-corrected chi connectivity index (χ4v) is 2.12. The van der Waals surface area contributed by atoms with Crippen LogP contribution in [0.4, 0.5) is 4.39 Å². The largest absolute Gasteiger partial charge is 0.393 e. The molecule has 16 heavy (non-hydrogen) atoms. The third kappa shape index (κ3) is 4.22. The van der Waals surface area contributed by atoms with E-state index in [4.69, 9.17) is 0 Å². The van der Waals surface area contributed by atoms with Crippen LogP contribution in [0.1, 0.15) is 38.2 Å². The molecule has 3 heteroatoms. The highest BCUT2D eigenvalue weighted by atomic mass is 79.9. The number of hydrogen-bond donors (Lipinski definition) is 1. The summed E-state index contributed by atoms with van der Waals surface area (Å²) in [5.74, 6) is -0.266. The number of aliphatic hydroxyl groups is 1. The van der Waals surface area contributed by atoms with Crippen molar-refractivity contribution in [1.82, 2.24) is 0 Å². The van der Waals surface area contributed by atoms with Gasteiger partial charge in [-0.2, -0.15) is 0 Å². The van der Waals surface area contributed by atoms with Gasteiger partial charge >= 0.3 is 0 Å². The molecular formula is C13H18BrFO. The number of hydrogen-bond acceptors (Lipinski definition) is 1. The molecule has 0 aliphatic carbocycles. The quantitative estimate of drug-likeness (QED) is 0.783. The zero-order valence-corrected chi connectivity index (χ0v) is 11.1. The first-order valence-electron chi connectivity index (χ1n) is 5.76. The predicted octanol–water partition coefficient (Wildman–Crippen LogP) is 4.07. The van der Waals surface area contributed by atoms with Crippen molar-refractivity contribution in [2.45, 2.75) is 45.1 Å². The Morgan fingerprint density at radius 1 is 1.38 bits per heavy atom. The Kier molecular flexibility index (Phi) is 5.99. The van der Waals surface area contributed by atoms with Crippen LogP contribution in [-0.2, 0) is 6.42 Å². The SMILES string of the molecule is CCCCCC(O)Cc1cccc(F)c1Br. The summed E-state index contributed by atoms with van der Waals surface area (Å²) in [6.07, 6.45) is 4.26. The molecule has 0 aliphatic heterocycles. The van der Waals surface area contributed by atoms with E-state index in [2.05, 4.69) is 22.9 Å². The molecule has 0 amide bonds. The van der Waals surface area contributed by atoms with Crippen molar-refractivity contribution in [1.29, 1.82) is 0 Å². The van der Waals surface area contributed by atoms with Crippen molar-refractivity contribution in [2.24, 2.45) is 0 Å². The second-order valence-corrected chi connectivity index (χ2v) is 4.86. The lowest BCUT2D eigenvalue weighted by atomic mass is 10.0. The van der Waals surface area contributed by atoms with Gasteiger partial charge in [-0.1, -0.05) is 38.3 Å². The summed E-state index contributed by atoms with van der Waals surface area (Å²) >= 11 is 3.20. The number of aliphatic hydroxyl groups excluding tert-OH is 1. The molecule has 1 aromatic rings. The van der Waals surface area contributed by atoms with Crippen LogP contribution in [0.2, 0.25) is 0 Å². The van der Waals surface area contributed by atoms with E-state index in [1.54, 1.807) is 6.07 Å². The van der Waals surface area contributed by atoms with Crippen molar-refractivity contribution in [3.8, 4) is 0 Å². The highest BCUT2D eigenvalue weighted by Gasteiger charge is 2.10. The molecule has 0 radical (unpaired) electrons. The average molecular weight is 289 g/mol. The van der Waals surface area contributed by atoms with Gasteiger partial charge in [0.05, 0.1) is 10.6 Å². The van der Waals surface area contributed by atoms with Crippen LogP contribution in [0.25, 0.3) is 0 Å². The van der Waals surface area contributed by atoms with E-state index in [-0.39, 0.29) is 11.9 Å². The highest BCUT2D eigenvalue weighted by molar-refractivity contribution is 9.10. The molecule has 0 bridgehead atoms. The monoisotopic (exact) mass is 288 g/mol. The fourth-order valence-electron chi connectivity index (χ4n) is 1.69. The van der Waals surface area contributed by atoms with E-state index < -0.39 is 0 Å². The summed E-state index contributed by atoms with van der Waals surface area (Å²) in [6, 6.07) is 4.93. The Balaban J connectivity index is 2.49. The number of halogens is 2. The second-order valence-electron chi connectivity index (χ2n) is 4.07. The molecule has 1 unspecified atom stereocenters. The lowest BCUT2D eigenvalue weighted by Gasteiger charge is -2.11. The fraction of sp³-hybridized carbons (Fsp3) is 0.538. The normalized spacial score (nSPS) is 12.8. The minimum absolute atomic E-state index is 0.266. The van der Waals surface area contributed by atoms with Gasteiger partial charge in [-0.25, -0.2) is 4.39 Å². The molecule has 1 nitrogen and oxygen atoms in total. The van der Waals surface area contributed by atoms with Crippen LogP contribution in [0.15, 0.2) is 22.7 Å². The Hall–Kier alpha value is -0.410. The minimum atomic E-state index is -0.371. The van der Waals surface area contributed by atoms with Crippen molar-refractivity contribution in [3.63, 3.8) is 0 Å². The second kappa shape index (κ2) is 7.02. The predicted molar refractivity (Wildman–Crippen MR) is 68.0 cm³/mol. The third-order valence-electron chi connectivity index (χ3n) is 2.63. The molecule has 1 atom stereocenters. The first kappa shape index (κ1) is 13.7. The van der Waals surface area contributed by atoms with Crippen LogP contribution < -0.4 is 0 Å². The van der Waals surface area contributed by atoms with Gasteiger partial charge in [0.25, 0.3) is 0 Å². The molecule has 1 rings (SSSR count). The van der Waals surface area contributed by atoms with Crippen LogP contribution in [0.5, 0.6) is 0 Å². The topological polar surface area (TPSA) is 20.2 Å². The van der Waals surface area contributed by atoms with E-state index in [9.17, 15) is 9.50 Å². The molecule has 0 aliphatic rings. The van der Waals surface area contributed by atoms with Gasteiger partial charge in [-0.3, -0.25) is 0 Å². The summed E-state index contributed by atoms with van der Waals surface area (Å²) < 4.78 is 13.7. The van der Waals surface area contributed by atoms with E-state index in [1.165, 1.54) is 6.07 Å². The summed E-state index contributed by atoms with van der Waals surface area (Å²) in [5, 5.41) is 9.80. The first-order valence-corrected chi connectivity index (χ1v) is 6.55. The highest BCUT2D eigenvalue weighted by Crippen LogP contribution is 2.22. The van der Waals surface area contributed by atoms with E-state index in [1.807, 2.05) is 6.07 Å². The van der Waals surface area contributed by atoms with Crippen LogP contribution in [0.3, 0.4) is 0 Å². The molecule has 90 valence electrons. The summed E-state index contributed by atoms with van der Waals surface area (Å²) in [6.45, 7) is 2.13. The number of benzene rings is 1. The maximum absolute atomic E-state index is 13.2. The van der Waals surface area contributed by atoms with E-state index in [0.717, 1.165) is 31.2 Å². The van der Waals surface area contributed by atoms with Gasteiger partial charge in [0.2, 0.25) is 0 Å². The van der Waals surface area contributed by atoms with Gasteiger partial charge < -0.3 is 5.11 Å². The molecule has 0 saturated heterocycles. The lowest BCUT2D eigenvalue weighted by molar-refractivity contribution is 0.161. The van der Waals surface area contributed by atoms with Crippen LogP contribution in [0, 0.1) is 5.82 Å². The van der Waals surface area contributed by atoms with Crippen molar-refractivity contribution < 1.29 is 9.50 Å². The first-order chi connectivity index (χ1) is 7.65. The Labute approximate surface area is 105 Å². The number of unbranched alkanes of at least 4 members (excludes halogenated alkanes) is 2. The van der Waals surface area contributed by atoms with Crippen molar-refractivity contribution in [2.75, 3.05) is 0 Å². The van der Waals surface area contributed by atoms with Gasteiger partial charge in [0.1, 0.15) is 5.82 Å². The van der Waals surface area contributed by atoms with Gasteiger partial charge in [0, 0.05) is 0 Å². The smallest absolute Gasteiger partial charge is 0.137 e. The van der Waals surface area contributed by atoms with Gasteiger partial charge in [-0.05, 0) is 40.4 Å². The molecule has 0 heterocycles. The standard InChI is InChI=1S/C13H18BrFO/c1-2-3-4-7-11(16)9-10-6-5-8-12(15)13(10)14/h5-6,8,11,16H,2-4,7,9H2,1H3. The van der Waals surface area contributed by atoms with E-state index >= 15 is 0 Å². The lowest BCUT2D eigenvalue weighted by Crippen LogP contribution is -2.10. The van der Waals surface area contributed by atoms with Gasteiger partial charge in [0.15, 0.2) is 0 Å². The average Bonchev–Trinajstić information content (AvgIpc) is 2.25. The molecule has 1 N–H and O–H groups in total. The summed E-state index contributed by atoms with van der Waals surface area (Å²) in [4.78, 5) is 0. The molecule has 0 spiro atoms. The van der Waals surface area contributed by atoms with Gasteiger partial charge in [-0.15, -0.1) is 0 Å². The maximum atomic E-state index is 13.2. The Morgan fingerprint density at radius 3 is 2.81 bits per heavy atom. The Bertz CT molecular complexity index is 328. The zero-order chi connectivity index (χ0) is 12.0. The molecular weight excluding hydrogens is 271 g/mol. The maximum Gasteiger partial charge on any atom is 0.137 e. The third-order valence-corrected chi connectivity index (χ3v) is 3.52.